The molecule has 0 aromatic carbocycles. The van der Waals surface area contributed by atoms with Crippen LogP contribution in [0.5, 0.6) is 6.01 Å². The van der Waals surface area contributed by atoms with Crippen LogP contribution in [0.1, 0.15) is 13.8 Å². The minimum absolute atomic E-state index is 0.000278. The number of nitrogens with zero attached hydrogens (tertiary/aromatic N) is 3. The summed E-state index contributed by atoms with van der Waals surface area (Å²) in [5, 5.41) is 30.2. The van der Waals surface area contributed by atoms with Crippen LogP contribution in [0.3, 0.4) is 0 Å². The van der Waals surface area contributed by atoms with E-state index in [0.29, 0.717) is 0 Å². The molecule has 0 aliphatic carbocycles. The zero-order chi connectivity index (χ0) is 14.5. The maximum atomic E-state index is 9.21. The van der Waals surface area contributed by atoms with Crippen molar-refractivity contribution in [3.05, 3.63) is 0 Å². The maximum absolute atomic E-state index is 9.21. The maximum Gasteiger partial charge on any atom is 0.323 e. The van der Waals surface area contributed by atoms with Crippen molar-refractivity contribution in [2.45, 2.75) is 25.5 Å². The Kier molecular flexibility index (Phi) is 5.21. The molecular weight excluding hydrogens is 254 g/mol. The van der Waals surface area contributed by atoms with Gasteiger partial charge >= 0.3 is 6.01 Å². The Hall–Kier alpha value is -1.71. The third-order valence-electron chi connectivity index (χ3n) is 2.26. The molecule has 1 aromatic heterocycles. The second kappa shape index (κ2) is 6.45. The molecule has 1 rings (SSSR count). The molecule has 6 N–H and O–H groups in total. The second-order valence-electron chi connectivity index (χ2n) is 4.35. The van der Waals surface area contributed by atoms with Crippen LogP contribution in [-0.4, -0.2) is 61.7 Å². The van der Waals surface area contributed by atoms with Gasteiger partial charge in [0.05, 0.1) is 25.9 Å². The standard InChI is InChI=1S/C10H19N5O4/c1-6(2)19-9-13-7(11)12-8(14-9)15-10(3-16,4-17)5-18/h6,16-18H,3-5H2,1-2H3,(H3,11,12,13,14,15). The van der Waals surface area contributed by atoms with Crippen molar-refractivity contribution in [3.63, 3.8) is 0 Å². The minimum Gasteiger partial charge on any atom is -0.461 e. The van der Waals surface area contributed by atoms with E-state index in [2.05, 4.69) is 20.3 Å². The number of aliphatic hydroxyl groups is 3. The van der Waals surface area contributed by atoms with Crippen molar-refractivity contribution in [2.24, 2.45) is 0 Å². The molecule has 1 heterocycles. The number of nitrogens with one attached hydrogen (secondary N) is 1. The Morgan fingerprint density at radius 2 is 1.74 bits per heavy atom. The van der Waals surface area contributed by atoms with Crippen molar-refractivity contribution in [2.75, 3.05) is 30.9 Å². The molecular formula is C10H19N5O4. The largest absolute Gasteiger partial charge is 0.461 e. The number of ether oxygens (including phenoxy) is 1. The molecule has 0 aliphatic rings. The molecule has 0 radical (unpaired) electrons. The summed E-state index contributed by atoms with van der Waals surface area (Å²) in [4.78, 5) is 11.5. The van der Waals surface area contributed by atoms with Gasteiger partial charge < -0.3 is 31.1 Å². The first-order valence-corrected chi connectivity index (χ1v) is 5.73. The van der Waals surface area contributed by atoms with E-state index in [1.165, 1.54) is 0 Å². The van der Waals surface area contributed by atoms with E-state index in [-0.39, 0.29) is 24.0 Å². The number of anilines is 2. The first-order chi connectivity index (χ1) is 8.94. The second-order valence-corrected chi connectivity index (χ2v) is 4.35. The summed E-state index contributed by atoms with van der Waals surface area (Å²) >= 11 is 0. The predicted octanol–water partition coefficient (Wildman–Crippen LogP) is -1.63. The van der Waals surface area contributed by atoms with E-state index in [9.17, 15) is 15.3 Å². The number of nitrogen functional groups attached to an aromatic ring is 1. The molecule has 9 heteroatoms. The van der Waals surface area contributed by atoms with Gasteiger partial charge in [0, 0.05) is 0 Å². The number of hydrogen-bond donors (Lipinski definition) is 5. The van der Waals surface area contributed by atoms with Gasteiger partial charge in [-0.15, -0.1) is 0 Å². The molecule has 0 spiro atoms. The van der Waals surface area contributed by atoms with Crippen molar-refractivity contribution < 1.29 is 20.1 Å². The van der Waals surface area contributed by atoms with E-state index < -0.39 is 25.4 Å². The molecule has 19 heavy (non-hydrogen) atoms. The van der Waals surface area contributed by atoms with E-state index >= 15 is 0 Å². The van der Waals surface area contributed by atoms with Crippen LogP contribution in [0.25, 0.3) is 0 Å². The lowest BCUT2D eigenvalue weighted by Crippen LogP contribution is -2.49. The van der Waals surface area contributed by atoms with E-state index in [4.69, 9.17) is 10.5 Å². The van der Waals surface area contributed by atoms with Crippen molar-refractivity contribution >= 4 is 11.9 Å². The predicted molar refractivity (Wildman–Crippen MR) is 67.6 cm³/mol. The van der Waals surface area contributed by atoms with E-state index in [0.717, 1.165) is 0 Å². The molecule has 0 fully saturated rings. The molecule has 0 amide bonds. The fraction of sp³-hybridized carbons (Fsp3) is 0.700. The highest BCUT2D eigenvalue weighted by Gasteiger charge is 2.29. The third-order valence-corrected chi connectivity index (χ3v) is 2.26. The van der Waals surface area contributed by atoms with E-state index in [1.54, 1.807) is 13.8 Å². The van der Waals surface area contributed by atoms with Gasteiger partial charge in [-0.3, -0.25) is 0 Å². The number of hydrogen-bond acceptors (Lipinski definition) is 9. The molecule has 0 aliphatic heterocycles. The van der Waals surface area contributed by atoms with Crippen LogP contribution in [-0.2, 0) is 0 Å². The van der Waals surface area contributed by atoms with Gasteiger partial charge in [-0.2, -0.15) is 15.0 Å². The highest BCUT2D eigenvalue weighted by molar-refractivity contribution is 5.36. The normalized spacial score (nSPS) is 11.7. The number of aromatic nitrogens is 3. The van der Waals surface area contributed by atoms with Crippen molar-refractivity contribution in [1.29, 1.82) is 0 Å². The molecule has 0 bridgehead atoms. The first-order valence-electron chi connectivity index (χ1n) is 5.73. The number of nitrogens with two attached hydrogens (primary N) is 1. The monoisotopic (exact) mass is 273 g/mol. The van der Waals surface area contributed by atoms with Gasteiger partial charge in [0.2, 0.25) is 11.9 Å². The fourth-order valence-electron chi connectivity index (χ4n) is 1.20. The Morgan fingerprint density at radius 3 is 2.21 bits per heavy atom. The van der Waals surface area contributed by atoms with Gasteiger partial charge in [-0.1, -0.05) is 0 Å². The molecule has 0 saturated carbocycles. The van der Waals surface area contributed by atoms with Gasteiger partial charge in [0.1, 0.15) is 5.54 Å². The van der Waals surface area contributed by atoms with Crippen LogP contribution < -0.4 is 15.8 Å². The lowest BCUT2D eigenvalue weighted by Gasteiger charge is -2.28. The lowest BCUT2D eigenvalue weighted by molar-refractivity contribution is 0.0826. The van der Waals surface area contributed by atoms with Gasteiger partial charge in [0.25, 0.3) is 0 Å². The Balaban J connectivity index is 2.97. The quantitative estimate of drug-likeness (QED) is 0.395. The summed E-state index contributed by atoms with van der Waals surface area (Å²) in [6, 6.07) is 0.0210. The van der Waals surface area contributed by atoms with Crippen LogP contribution in [0.15, 0.2) is 0 Å². The summed E-state index contributed by atoms with van der Waals surface area (Å²) in [6.45, 7) is 2.07. The fourth-order valence-corrected chi connectivity index (χ4v) is 1.20. The van der Waals surface area contributed by atoms with Gasteiger partial charge in [0.15, 0.2) is 0 Å². The molecule has 0 saturated heterocycles. The average molecular weight is 273 g/mol. The molecule has 0 unspecified atom stereocenters. The summed E-state index contributed by atoms with van der Waals surface area (Å²) in [7, 11) is 0. The Morgan fingerprint density at radius 1 is 1.16 bits per heavy atom. The summed E-state index contributed by atoms with van der Waals surface area (Å²) in [5.74, 6) is -0.0730. The topological polar surface area (TPSA) is 147 Å². The zero-order valence-corrected chi connectivity index (χ0v) is 10.9. The summed E-state index contributed by atoms with van der Waals surface area (Å²) in [6.07, 6.45) is -0.145. The summed E-state index contributed by atoms with van der Waals surface area (Å²) in [5.41, 5.74) is 4.16. The Bertz CT molecular complexity index is 403. The smallest absolute Gasteiger partial charge is 0.323 e. The van der Waals surface area contributed by atoms with Crippen molar-refractivity contribution in [3.8, 4) is 6.01 Å². The zero-order valence-electron chi connectivity index (χ0n) is 10.9. The third kappa shape index (κ3) is 4.16. The van der Waals surface area contributed by atoms with Crippen LogP contribution in [0.4, 0.5) is 11.9 Å². The Labute approximate surface area is 110 Å². The van der Waals surface area contributed by atoms with Gasteiger partial charge in [-0.05, 0) is 13.8 Å². The molecule has 108 valence electrons. The van der Waals surface area contributed by atoms with Crippen LogP contribution >= 0.6 is 0 Å². The average Bonchev–Trinajstić information content (AvgIpc) is 2.34. The van der Waals surface area contributed by atoms with E-state index in [1.807, 2.05) is 0 Å². The SMILES string of the molecule is CC(C)Oc1nc(N)nc(NC(CO)(CO)CO)n1. The van der Waals surface area contributed by atoms with Crippen LogP contribution in [0, 0.1) is 0 Å². The molecule has 9 nitrogen and oxygen atoms in total. The van der Waals surface area contributed by atoms with Crippen molar-refractivity contribution in [1.82, 2.24) is 15.0 Å². The molecule has 1 aromatic rings. The highest BCUT2D eigenvalue weighted by atomic mass is 16.5. The molecule has 0 atom stereocenters. The first kappa shape index (κ1) is 15.3. The minimum atomic E-state index is -1.34. The number of rotatable bonds is 7. The summed E-state index contributed by atoms with van der Waals surface area (Å²) < 4.78 is 5.28. The van der Waals surface area contributed by atoms with Crippen LogP contribution in [0.2, 0.25) is 0 Å². The number of aliphatic hydroxyl groups excluding tert-OH is 3. The van der Waals surface area contributed by atoms with Gasteiger partial charge in [-0.25, -0.2) is 0 Å². The highest BCUT2D eigenvalue weighted by Crippen LogP contribution is 2.15. The lowest BCUT2D eigenvalue weighted by atomic mass is 10.0.